The lowest BCUT2D eigenvalue weighted by Gasteiger charge is -2.09. The van der Waals surface area contributed by atoms with Crippen molar-refractivity contribution in [2.75, 3.05) is 19.0 Å². The molecule has 0 atom stereocenters. The van der Waals surface area contributed by atoms with E-state index >= 15 is 0 Å². The van der Waals surface area contributed by atoms with E-state index in [1.165, 1.54) is 13.0 Å². The van der Waals surface area contributed by atoms with Crippen LogP contribution in [0.25, 0.3) is 6.08 Å². The van der Waals surface area contributed by atoms with Crippen LogP contribution in [0.5, 0.6) is 11.5 Å². The molecule has 0 aliphatic carbocycles. The maximum absolute atomic E-state index is 12.0. The van der Waals surface area contributed by atoms with Crippen molar-refractivity contribution in [3.05, 3.63) is 59.7 Å². The molecule has 0 unspecified atom stereocenters. The number of rotatable bonds is 7. The van der Waals surface area contributed by atoms with Crippen molar-refractivity contribution in [2.24, 2.45) is 0 Å². The van der Waals surface area contributed by atoms with E-state index in [0.29, 0.717) is 29.4 Å². The number of ether oxygens (including phenoxy) is 2. The second kappa shape index (κ2) is 8.68. The van der Waals surface area contributed by atoms with Crippen LogP contribution in [-0.4, -0.2) is 25.4 Å². The van der Waals surface area contributed by atoms with Crippen LogP contribution in [0, 0.1) is 0 Å². The van der Waals surface area contributed by atoms with Crippen LogP contribution in [0.4, 0.5) is 5.69 Å². The minimum Gasteiger partial charge on any atom is -0.493 e. The fourth-order valence-corrected chi connectivity index (χ4v) is 2.21. The highest BCUT2D eigenvalue weighted by Crippen LogP contribution is 2.28. The molecule has 0 radical (unpaired) electrons. The Balaban J connectivity index is 2.03. The predicted octanol–water partition coefficient (Wildman–Crippen LogP) is 3.95. The number of nitrogens with one attached hydrogen (secondary N) is 1. The average molecular weight is 339 g/mol. The van der Waals surface area contributed by atoms with Gasteiger partial charge in [-0.25, -0.2) is 0 Å². The molecule has 2 aromatic carbocycles. The first-order valence-electron chi connectivity index (χ1n) is 7.94. The fourth-order valence-electron chi connectivity index (χ4n) is 2.21. The van der Waals surface area contributed by atoms with Crippen molar-refractivity contribution < 1.29 is 19.1 Å². The molecule has 0 heterocycles. The third kappa shape index (κ3) is 5.21. The zero-order valence-corrected chi connectivity index (χ0v) is 14.5. The standard InChI is InChI=1S/C20H21NO4/c1-4-25-18-11-5-15(13-19(18)24-3)6-12-20(23)21-17-9-7-16(8-10-17)14(2)22/h5-13H,4H2,1-3H3,(H,21,23)/b12-6+. The topological polar surface area (TPSA) is 64.6 Å². The second-order valence-electron chi connectivity index (χ2n) is 5.30. The van der Waals surface area contributed by atoms with Gasteiger partial charge in [-0.05, 0) is 61.9 Å². The molecule has 0 spiro atoms. The molecule has 1 amide bonds. The van der Waals surface area contributed by atoms with Gasteiger partial charge in [-0.3, -0.25) is 9.59 Å². The number of ketones is 1. The van der Waals surface area contributed by atoms with Crippen LogP contribution in [0.1, 0.15) is 29.8 Å². The minimum atomic E-state index is -0.261. The molecule has 0 aliphatic heterocycles. The Kier molecular flexibility index (Phi) is 6.34. The summed E-state index contributed by atoms with van der Waals surface area (Å²) in [5.41, 5.74) is 2.06. The SMILES string of the molecule is CCOc1ccc(/C=C/C(=O)Nc2ccc(C(C)=O)cc2)cc1OC. The van der Waals surface area contributed by atoms with Gasteiger partial charge in [0.15, 0.2) is 17.3 Å². The number of carbonyl (C=O) groups excluding carboxylic acids is 2. The van der Waals surface area contributed by atoms with Gasteiger partial charge in [0.25, 0.3) is 0 Å². The molecule has 2 rings (SSSR count). The van der Waals surface area contributed by atoms with Gasteiger partial charge in [0.1, 0.15) is 0 Å². The van der Waals surface area contributed by atoms with Gasteiger partial charge in [0.05, 0.1) is 13.7 Å². The van der Waals surface area contributed by atoms with Crippen molar-refractivity contribution in [2.45, 2.75) is 13.8 Å². The molecule has 0 aliphatic rings. The number of carbonyl (C=O) groups is 2. The molecule has 1 N–H and O–H groups in total. The van der Waals surface area contributed by atoms with Crippen molar-refractivity contribution >= 4 is 23.5 Å². The summed E-state index contributed by atoms with van der Waals surface area (Å²) in [7, 11) is 1.57. The van der Waals surface area contributed by atoms with E-state index in [2.05, 4.69) is 5.32 Å². The van der Waals surface area contributed by atoms with Gasteiger partial charge in [0.2, 0.25) is 5.91 Å². The smallest absolute Gasteiger partial charge is 0.248 e. The second-order valence-corrected chi connectivity index (χ2v) is 5.30. The van der Waals surface area contributed by atoms with Gasteiger partial charge in [-0.1, -0.05) is 6.07 Å². The van der Waals surface area contributed by atoms with E-state index in [0.717, 1.165) is 5.56 Å². The molecule has 5 heteroatoms. The number of methoxy groups -OCH3 is 1. The molecule has 0 fully saturated rings. The van der Waals surface area contributed by atoms with Crippen LogP contribution in [0.2, 0.25) is 0 Å². The van der Waals surface area contributed by atoms with E-state index < -0.39 is 0 Å². The molecular formula is C20H21NO4. The molecule has 25 heavy (non-hydrogen) atoms. The van der Waals surface area contributed by atoms with Crippen molar-refractivity contribution in [1.29, 1.82) is 0 Å². The maximum atomic E-state index is 12.0. The Hall–Kier alpha value is -3.08. The molecule has 0 bridgehead atoms. The number of Topliss-reactive ketones (excluding diaryl/α,β-unsaturated/α-hetero) is 1. The normalized spacial score (nSPS) is 10.5. The molecule has 2 aromatic rings. The first-order valence-corrected chi connectivity index (χ1v) is 7.94. The van der Waals surface area contributed by atoms with Crippen LogP contribution < -0.4 is 14.8 Å². The first-order chi connectivity index (χ1) is 12.0. The van der Waals surface area contributed by atoms with E-state index in [9.17, 15) is 9.59 Å². The number of amides is 1. The summed E-state index contributed by atoms with van der Waals surface area (Å²) in [6.07, 6.45) is 3.13. The Bertz CT molecular complexity index is 779. The lowest BCUT2D eigenvalue weighted by Crippen LogP contribution is -2.07. The summed E-state index contributed by atoms with van der Waals surface area (Å²) in [5.74, 6) is 1.01. The highest BCUT2D eigenvalue weighted by Gasteiger charge is 2.05. The summed E-state index contributed by atoms with van der Waals surface area (Å²) >= 11 is 0. The van der Waals surface area contributed by atoms with Crippen molar-refractivity contribution in [3.8, 4) is 11.5 Å². The van der Waals surface area contributed by atoms with Crippen LogP contribution >= 0.6 is 0 Å². The summed E-state index contributed by atoms with van der Waals surface area (Å²) in [6.45, 7) is 3.96. The Morgan fingerprint density at radius 3 is 2.40 bits per heavy atom. The van der Waals surface area contributed by atoms with Crippen LogP contribution in [0.3, 0.4) is 0 Å². The van der Waals surface area contributed by atoms with Gasteiger partial charge >= 0.3 is 0 Å². The number of anilines is 1. The fraction of sp³-hybridized carbons (Fsp3) is 0.200. The predicted molar refractivity (Wildman–Crippen MR) is 98.3 cm³/mol. The van der Waals surface area contributed by atoms with Crippen LogP contribution in [-0.2, 0) is 4.79 Å². The van der Waals surface area contributed by atoms with Gasteiger partial charge in [-0.15, -0.1) is 0 Å². The molecule has 0 aromatic heterocycles. The molecule has 0 saturated carbocycles. The number of benzene rings is 2. The average Bonchev–Trinajstić information content (AvgIpc) is 2.61. The van der Waals surface area contributed by atoms with Crippen molar-refractivity contribution in [3.63, 3.8) is 0 Å². The van der Waals surface area contributed by atoms with E-state index in [4.69, 9.17) is 9.47 Å². The summed E-state index contributed by atoms with van der Waals surface area (Å²) in [4.78, 5) is 23.2. The Morgan fingerprint density at radius 2 is 1.80 bits per heavy atom. The summed E-state index contributed by atoms with van der Waals surface area (Å²) in [6, 6.07) is 12.2. The van der Waals surface area contributed by atoms with E-state index in [1.807, 2.05) is 13.0 Å². The summed E-state index contributed by atoms with van der Waals surface area (Å²) < 4.78 is 10.7. The molecule has 130 valence electrons. The van der Waals surface area contributed by atoms with E-state index in [-0.39, 0.29) is 11.7 Å². The van der Waals surface area contributed by atoms with Crippen molar-refractivity contribution in [1.82, 2.24) is 0 Å². The zero-order chi connectivity index (χ0) is 18.2. The zero-order valence-electron chi connectivity index (χ0n) is 14.5. The van der Waals surface area contributed by atoms with Gasteiger partial charge in [0, 0.05) is 17.3 Å². The highest BCUT2D eigenvalue weighted by atomic mass is 16.5. The summed E-state index contributed by atoms with van der Waals surface area (Å²) in [5, 5.41) is 2.75. The van der Waals surface area contributed by atoms with Gasteiger partial charge < -0.3 is 14.8 Å². The minimum absolute atomic E-state index is 0.0118. The monoisotopic (exact) mass is 339 g/mol. The first kappa shape index (κ1) is 18.3. The highest BCUT2D eigenvalue weighted by molar-refractivity contribution is 6.02. The quantitative estimate of drug-likeness (QED) is 0.613. The molecule has 0 saturated heterocycles. The Labute approximate surface area is 147 Å². The maximum Gasteiger partial charge on any atom is 0.248 e. The lowest BCUT2D eigenvalue weighted by molar-refractivity contribution is -0.111. The molecule has 5 nitrogen and oxygen atoms in total. The molecular weight excluding hydrogens is 318 g/mol. The number of hydrogen-bond acceptors (Lipinski definition) is 4. The Morgan fingerprint density at radius 1 is 1.08 bits per heavy atom. The third-order valence-corrected chi connectivity index (χ3v) is 3.47. The largest absolute Gasteiger partial charge is 0.493 e. The lowest BCUT2D eigenvalue weighted by atomic mass is 10.1. The van der Waals surface area contributed by atoms with E-state index in [1.54, 1.807) is 49.6 Å². The van der Waals surface area contributed by atoms with Gasteiger partial charge in [-0.2, -0.15) is 0 Å². The third-order valence-electron chi connectivity index (χ3n) is 3.47. The van der Waals surface area contributed by atoms with Crippen LogP contribution in [0.15, 0.2) is 48.5 Å². The number of hydrogen-bond donors (Lipinski definition) is 1.